The molecule has 3 heteroatoms. The molecule has 0 amide bonds. The highest BCUT2D eigenvalue weighted by molar-refractivity contribution is 6.08. The Bertz CT molecular complexity index is 657. The van der Waals surface area contributed by atoms with E-state index in [1.165, 1.54) is 6.07 Å². The normalized spacial score (nSPS) is 10.0. The van der Waals surface area contributed by atoms with Crippen molar-refractivity contribution in [2.45, 2.75) is 6.42 Å². The third-order valence-corrected chi connectivity index (χ3v) is 3.01. The summed E-state index contributed by atoms with van der Waals surface area (Å²) < 4.78 is 0. The molecule has 0 heterocycles. The molecule has 0 aliphatic carbocycles. The fraction of sp³-hybridized carbons (Fsp3) is 0.0588. The lowest BCUT2D eigenvalue weighted by atomic mass is 9.95. The third-order valence-electron chi connectivity index (χ3n) is 3.01. The topological polar surface area (TPSA) is 54.4 Å². The quantitative estimate of drug-likeness (QED) is 0.667. The molecule has 0 radical (unpaired) electrons. The molecule has 0 unspecified atom stereocenters. The number of carbonyl (C=O) groups is 2. The first kappa shape index (κ1) is 13.7. The van der Waals surface area contributed by atoms with Crippen LogP contribution in [-0.4, -0.2) is 16.9 Å². The molecule has 100 valence electrons. The number of rotatable bonds is 5. The highest BCUT2D eigenvalue weighted by atomic mass is 16.4. The van der Waals surface area contributed by atoms with Crippen LogP contribution in [0.15, 0.2) is 66.7 Å². The van der Waals surface area contributed by atoms with Crippen molar-refractivity contribution in [3.05, 3.63) is 83.4 Å². The first-order chi connectivity index (χ1) is 9.59. The molecule has 0 atom stereocenters. The molecule has 2 aromatic carbocycles. The van der Waals surface area contributed by atoms with Crippen molar-refractivity contribution in [1.29, 1.82) is 0 Å². The minimum absolute atomic E-state index is 0.161. The minimum Gasteiger partial charge on any atom is -0.478 e. The van der Waals surface area contributed by atoms with E-state index in [0.29, 0.717) is 16.7 Å². The fourth-order valence-corrected chi connectivity index (χ4v) is 1.99. The number of carboxylic acids is 1. The molecule has 3 nitrogen and oxygen atoms in total. The van der Waals surface area contributed by atoms with Gasteiger partial charge in [0.1, 0.15) is 0 Å². The second kappa shape index (κ2) is 5.97. The lowest BCUT2D eigenvalue weighted by Crippen LogP contribution is -2.08. The average molecular weight is 266 g/mol. The molecule has 0 saturated heterocycles. The monoisotopic (exact) mass is 266 g/mol. The smallest absolute Gasteiger partial charge is 0.335 e. The van der Waals surface area contributed by atoms with Gasteiger partial charge in [-0.05, 0) is 17.2 Å². The van der Waals surface area contributed by atoms with E-state index in [4.69, 9.17) is 5.11 Å². The second-order valence-corrected chi connectivity index (χ2v) is 4.44. The van der Waals surface area contributed by atoms with Crippen LogP contribution in [-0.2, 0) is 6.42 Å². The number of carbonyl (C=O) groups excluding carboxylic acids is 1. The van der Waals surface area contributed by atoms with Crippen molar-refractivity contribution in [1.82, 2.24) is 0 Å². The van der Waals surface area contributed by atoms with Gasteiger partial charge in [0.25, 0.3) is 0 Å². The number of carboxylic acid groups (broad SMARTS) is 1. The van der Waals surface area contributed by atoms with Crippen LogP contribution < -0.4 is 0 Å². The first-order valence-corrected chi connectivity index (χ1v) is 6.18. The molecule has 0 aromatic heterocycles. The molecule has 2 aromatic rings. The summed E-state index contributed by atoms with van der Waals surface area (Å²) in [7, 11) is 0. The molecule has 2 rings (SSSR count). The van der Waals surface area contributed by atoms with E-state index >= 15 is 0 Å². The Morgan fingerprint density at radius 2 is 1.55 bits per heavy atom. The van der Waals surface area contributed by atoms with Gasteiger partial charge in [0.15, 0.2) is 5.78 Å². The predicted molar refractivity (Wildman–Crippen MR) is 77.0 cm³/mol. The maximum atomic E-state index is 12.2. The van der Waals surface area contributed by atoms with Crippen molar-refractivity contribution in [2.75, 3.05) is 0 Å². The van der Waals surface area contributed by atoms with Gasteiger partial charge in [0, 0.05) is 12.0 Å². The number of hydrogen-bond acceptors (Lipinski definition) is 2. The lowest BCUT2D eigenvalue weighted by molar-refractivity contribution is 0.0695. The SMILES string of the molecule is C=C(Cc1ccccc1C(=O)O)C(=O)c1ccccc1. The molecule has 20 heavy (non-hydrogen) atoms. The Balaban J connectivity index is 2.21. The second-order valence-electron chi connectivity index (χ2n) is 4.44. The van der Waals surface area contributed by atoms with Gasteiger partial charge < -0.3 is 5.11 Å². The van der Waals surface area contributed by atoms with Crippen molar-refractivity contribution in [3.8, 4) is 0 Å². The number of ketones is 1. The van der Waals surface area contributed by atoms with Crippen molar-refractivity contribution < 1.29 is 14.7 Å². The molecule has 0 aliphatic rings. The van der Waals surface area contributed by atoms with Crippen molar-refractivity contribution in [2.24, 2.45) is 0 Å². The van der Waals surface area contributed by atoms with Gasteiger partial charge in [0.2, 0.25) is 0 Å². The Morgan fingerprint density at radius 1 is 0.950 bits per heavy atom. The van der Waals surface area contributed by atoms with Gasteiger partial charge >= 0.3 is 5.97 Å². The first-order valence-electron chi connectivity index (χ1n) is 6.18. The standard InChI is InChI=1S/C17H14O3/c1-12(16(18)13-7-3-2-4-8-13)11-14-9-5-6-10-15(14)17(19)20/h2-10H,1,11H2,(H,19,20). The number of hydrogen-bond donors (Lipinski definition) is 1. The predicted octanol–water partition coefficient (Wildman–Crippen LogP) is 3.37. The molecule has 0 fully saturated rings. The number of allylic oxidation sites excluding steroid dienone is 1. The molecule has 0 aliphatic heterocycles. The summed E-state index contributed by atoms with van der Waals surface area (Å²) in [6, 6.07) is 15.5. The molecule has 0 bridgehead atoms. The Hall–Kier alpha value is -2.68. The van der Waals surface area contributed by atoms with Gasteiger partial charge in [0.05, 0.1) is 5.56 Å². The average Bonchev–Trinajstić information content (AvgIpc) is 2.47. The van der Waals surface area contributed by atoms with E-state index in [1.54, 1.807) is 42.5 Å². The van der Waals surface area contributed by atoms with Crippen molar-refractivity contribution >= 4 is 11.8 Å². The fourth-order valence-electron chi connectivity index (χ4n) is 1.99. The van der Waals surface area contributed by atoms with E-state index in [9.17, 15) is 9.59 Å². The van der Waals surface area contributed by atoms with Gasteiger partial charge in [-0.25, -0.2) is 4.79 Å². The van der Waals surface area contributed by atoms with Crippen LogP contribution in [0.3, 0.4) is 0 Å². The Kier molecular flexibility index (Phi) is 4.11. The van der Waals surface area contributed by atoms with Gasteiger partial charge in [-0.2, -0.15) is 0 Å². The van der Waals surface area contributed by atoms with Crippen LogP contribution in [0.5, 0.6) is 0 Å². The summed E-state index contributed by atoms with van der Waals surface area (Å²) in [4.78, 5) is 23.3. The van der Waals surface area contributed by atoms with Crippen LogP contribution in [0, 0.1) is 0 Å². The molecule has 1 N–H and O–H groups in total. The minimum atomic E-state index is -0.999. The number of benzene rings is 2. The number of Topliss-reactive ketones (excluding diaryl/α,β-unsaturated/α-hetero) is 1. The highest BCUT2D eigenvalue weighted by Crippen LogP contribution is 2.16. The number of aromatic carboxylic acids is 1. The zero-order valence-electron chi connectivity index (χ0n) is 10.9. The summed E-state index contributed by atoms with van der Waals surface area (Å²) >= 11 is 0. The molecular formula is C17H14O3. The van der Waals surface area contributed by atoms with Gasteiger partial charge in [-0.1, -0.05) is 55.1 Å². The maximum absolute atomic E-state index is 12.2. The van der Waals surface area contributed by atoms with E-state index in [0.717, 1.165) is 0 Å². The van der Waals surface area contributed by atoms with E-state index in [2.05, 4.69) is 6.58 Å². The van der Waals surface area contributed by atoms with Gasteiger partial charge in [-0.15, -0.1) is 0 Å². The van der Waals surface area contributed by atoms with Crippen molar-refractivity contribution in [3.63, 3.8) is 0 Å². The van der Waals surface area contributed by atoms with E-state index in [1.807, 2.05) is 6.07 Å². The van der Waals surface area contributed by atoms with Crippen LogP contribution in [0.1, 0.15) is 26.3 Å². The molecule has 0 spiro atoms. The Morgan fingerprint density at radius 3 is 2.20 bits per heavy atom. The third kappa shape index (κ3) is 3.01. The largest absolute Gasteiger partial charge is 0.478 e. The highest BCUT2D eigenvalue weighted by Gasteiger charge is 2.14. The van der Waals surface area contributed by atoms with E-state index in [-0.39, 0.29) is 17.8 Å². The zero-order valence-corrected chi connectivity index (χ0v) is 10.9. The summed E-state index contributed by atoms with van der Waals surface area (Å²) in [5.41, 5.74) is 1.74. The molecule has 0 saturated carbocycles. The van der Waals surface area contributed by atoms with Crippen LogP contribution >= 0.6 is 0 Å². The Labute approximate surface area is 117 Å². The van der Waals surface area contributed by atoms with Gasteiger partial charge in [-0.3, -0.25) is 4.79 Å². The van der Waals surface area contributed by atoms with Crippen LogP contribution in [0.25, 0.3) is 0 Å². The van der Waals surface area contributed by atoms with Crippen LogP contribution in [0.2, 0.25) is 0 Å². The maximum Gasteiger partial charge on any atom is 0.335 e. The summed E-state index contributed by atoms with van der Waals surface area (Å²) in [6.45, 7) is 3.78. The van der Waals surface area contributed by atoms with E-state index < -0.39 is 5.97 Å². The summed E-state index contributed by atoms with van der Waals surface area (Å²) in [6.07, 6.45) is 0.232. The molecular weight excluding hydrogens is 252 g/mol. The van der Waals surface area contributed by atoms with Crippen LogP contribution in [0.4, 0.5) is 0 Å². The lowest BCUT2D eigenvalue weighted by Gasteiger charge is -2.08. The summed E-state index contributed by atoms with van der Waals surface area (Å²) in [5.74, 6) is -1.16. The zero-order chi connectivity index (χ0) is 14.5. The summed E-state index contributed by atoms with van der Waals surface area (Å²) in [5, 5.41) is 9.12.